The molecule has 0 bridgehead atoms. The summed E-state index contributed by atoms with van der Waals surface area (Å²) < 4.78 is 21.2. The van der Waals surface area contributed by atoms with Crippen molar-refractivity contribution in [3.05, 3.63) is 65.3 Å². The van der Waals surface area contributed by atoms with Crippen molar-refractivity contribution >= 4 is 33.2 Å². The van der Waals surface area contributed by atoms with Crippen molar-refractivity contribution in [1.29, 1.82) is 0 Å². The fourth-order valence-corrected chi connectivity index (χ4v) is 5.29. The zero-order chi connectivity index (χ0) is 25.9. The minimum atomic E-state index is -0.403. The molecule has 0 radical (unpaired) electrons. The number of piperidine rings is 1. The molecule has 0 saturated carbocycles. The summed E-state index contributed by atoms with van der Waals surface area (Å²) in [5.41, 5.74) is 3.85. The quantitative estimate of drug-likeness (QED) is 0.383. The van der Waals surface area contributed by atoms with Gasteiger partial charge in [-0.25, -0.2) is 4.39 Å². The standard InChI is InChI=1S/C28H27FN4O3S/c1-33(2)25(35)14-17-3-5-19(6-4-17)26-22-10-12-37-28(22)27(32-31-26)21-8-7-20(29)15-23(21)36-16-18-9-11-30-24(34)13-18/h3-8,10,12,15,18H,9,11,13-14,16H2,1-2H3,(H,30,34). The molecule has 1 aliphatic heterocycles. The summed E-state index contributed by atoms with van der Waals surface area (Å²) >= 11 is 1.54. The van der Waals surface area contributed by atoms with Crippen molar-refractivity contribution in [2.24, 2.45) is 5.92 Å². The second kappa shape index (κ2) is 10.6. The lowest BCUT2D eigenvalue weighted by atomic mass is 9.98. The number of benzene rings is 2. The Bertz CT molecular complexity index is 1450. The smallest absolute Gasteiger partial charge is 0.226 e. The predicted octanol–water partition coefficient (Wildman–Crippen LogP) is 4.70. The molecule has 1 atom stereocenters. The van der Waals surface area contributed by atoms with E-state index < -0.39 is 5.82 Å². The summed E-state index contributed by atoms with van der Waals surface area (Å²) in [5, 5.41) is 14.8. The molecule has 7 nitrogen and oxygen atoms in total. The maximum absolute atomic E-state index is 14.2. The van der Waals surface area contributed by atoms with Crippen LogP contribution in [0.25, 0.3) is 32.6 Å². The number of rotatable bonds is 7. The number of fused-ring (bicyclic) bond motifs is 1. The van der Waals surface area contributed by atoms with Crippen molar-refractivity contribution in [3.63, 3.8) is 0 Å². The highest BCUT2D eigenvalue weighted by Crippen LogP contribution is 2.39. The number of hydrogen-bond donors (Lipinski definition) is 1. The van der Waals surface area contributed by atoms with Crippen molar-refractivity contribution in [1.82, 2.24) is 20.4 Å². The molecule has 4 aromatic rings. The van der Waals surface area contributed by atoms with Gasteiger partial charge < -0.3 is 15.0 Å². The van der Waals surface area contributed by atoms with E-state index in [4.69, 9.17) is 4.74 Å². The number of likely N-dealkylation sites (N-methyl/N-ethyl adjacent to an activating group) is 1. The number of halogens is 1. The lowest BCUT2D eigenvalue weighted by Gasteiger charge is -2.22. The topological polar surface area (TPSA) is 84.4 Å². The van der Waals surface area contributed by atoms with Crippen LogP contribution in [0, 0.1) is 11.7 Å². The first-order valence-electron chi connectivity index (χ1n) is 12.1. The summed E-state index contributed by atoms with van der Waals surface area (Å²) in [6.07, 6.45) is 1.56. The third-order valence-corrected chi connectivity index (χ3v) is 7.41. The highest BCUT2D eigenvalue weighted by atomic mass is 32.1. The lowest BCUT2D eigenvalue weighted by Crippen LogP contribution is -2.35. The Labute approximate surface area is 218 Å². The van der Waals surface area contributed by atoms with Crippen molar-refractivity contribution in [3.8, 4) is 28.3 Å². The number of nitrogens with zero attached hydrogens (tertiary/aromatic N) is 3. The van der Waals surface area contributed by atoms with E-state index in [-0.39, 0.29) is 17.7 Å². The van der Waals surface area contributed by atoms with Crippen LogP contribution in [0.1, 0.15) is 18.4 Å². The van der Waals surface area contributed by atoms with Crippen LogP contribution in [-0.2, 0) is 16.0 Å². The predicted molar refractivity (Wildman–Crippen MR) is 142 cm³/mol. The number of carbonyl (C=O) groups is 2. The maximum atomic E-state index is 14.2. The summed E-state index contributed by atoms with van der Waals surface area (Å²) in [7, 11) is 3.49. The van der Waals surface area contributed by atoms with Gasteiger partial charge >= 0.3 is 0 Å². The molecule has 2 amide bonds. The lowest BCUT2D eigenvalue weighted by molar-refractivity contribution is -0.128. The third-order valence-electron chi connectivity index (χ3n) is 6.49. The van der Waals surface area contributed by atoms with Gasteiger partial charge in [-0.05, 0) is 35.6 Å². The fourth-order valence-electron chi connectivity index (χ4n) is 4.39. The van der Waals surface area contributed by atoms with Gasteiger partial charge in [-0.1, -0.05) is 24.3 Å². The Hall–Kier alpha value is -3.85. The van der Waals surface area contributed by atoms with Gasteiger partial charge in [-0.3, -0.25) is 9.59 Å². The number of aromatic nitrogens is 2. The van der Waals surface area contributed by atoms with E-state index in [1.54, 1.807) is 25.1 Å². The van der Waals surface area contributed by atoms with Crippen LogP contribution in [0.4, 0.5) is 4.39 Å². The average molecular weight is 519 g/mol. The zero-order valence-corrected chi connectivity index (χ0v) is 21.5. The SMILES string of the molecule is CN(C)C(=O)Cc1ccc(-c2nnc(-c3ccc(F)cc3OCC3CCNC(=O)C3)c3sccc23)cc1. The molecule has 190 valence electrons. The third kappa shape index (κ3) is 5.46. The van der Waals surface area contributed by atoms with Crippen LogP contribution < -0.4 is 10.1 Å². The Morgan fingerprint density at radius 2 is 1.92 bits per heavy atom. The van der Waals surface area contributed by atoms with Gasteiger partial charge in [-0.15, -0.1) is 21.5 Å². The van der Waals surface area contributed by atoms with Gasteiger partial charge in [0.1, 0.15) is 23.0 Å². The second-order valence-electron chi connectivity index (χ2n) is 9.38. The first-order valence-corrected chi connectivity index (χ1v) is 13.0. The van der Waals surface area contributed by atoms with E-state index in [2.05, 4.69) is 15.5 Å². The van der Waals surface area contributed by atoms with Gasteiger partial charge in [0, 0.05) is 55.6 Å². The van der Waals surface area contributed by atoms with Crippen LogP contribution in [0.3, 0.4) is 0 Å². The molecule has 5 rings (SSSR count). The molecule has 9 heteroatoms. The van der Waals surface area contributed by atoms with Gasteiger partial charge in [0.2, 0.25) is 11.8 Å². The Balaban J connectivity index is 1.44. The molecule has 3 heterocycles. The Morgan fingerprint density at radius 3 is 2.68 bits per heavy atom. The number of ether oxygens (including phenoxy) is 1. The largest absolute Gasteiger partial charge is 0.492 e. The number of thiophene rings is 1. The number of hydrogen-bond acceptors (Lipinski definition) is 6. The minimum absolute atomic E-state index is 0.0124. The van der Waals surface area contributed by atoms with E-state index in [0.29, 0.717) is 43.0 Å². The van der Waals surface area contributed by atoms with Crippen LogP contribution in [0.2, 0.25) is 0 Å². The summed E-state index contributed by atoms with van der Waals surface area (Å²) in [4.78, 5) is 25.3. The fraction of sp³-hybridized carbons (Fsp3) is 0.286. The van der Waals surface area contributed by atoms with Gasteiger partial charge in [0.05, 0.1) is 17.7 Å². The summed E-state index contributed by atoms with van der Waals surface area (Å²) in [6.45, 7) is 0.949. The van der Waals surface area contributed by atoms with Gasteiger partial charge in [0.15, 0.2) is 0 Å². The van der Waals surface area contributed by atoms with E-state index in [1.807, 2.05) is 35.7 Å². The summed E-state index contributed by atoms with van der Waals surface area (Å²) in [6, 6.07) is 14.2. The van der Waals surface area contributed by atoms with Crippen molar-refractivity contribution in [2.45, 2.75) is 19.3 Å². The molecule has 2 aromatic carbocycles. The first-order chi connectivity index (χ1) is 17.9. The normalized spacial score (nSPS) is 15.4. The molecule has 37 heavy (non-hydrogen) atoms. The number of amides is 2. The molecule has 0 spiro atoms. The van der Waals surface area contributed by atoms with Crippen LogP contribution in [-0.4, -0.2) is 54.2 Å². The highest BCUT2D eigenvalue weighted by molar-refractivity contribution is 7.17. The molecule has 1 saturated heterocycles. The molecule has 0 aliphatic carbocycles. The maximum Gasteiger partial charge on any atom is 0.226 e. The van der Waals surface area contributed by atoms with E-state index in [0.717, 1.165) is 33.3 Å². The summed E-state index contributed by atoms with van der Waals surface area (Å²) in [5.74, 6) is 0.119. The molecule has 1 unspecified atom stereocenters. The molecule has 1 N–H and O–H groups in total. The van der Waals surface area contributed by atoms with E-state index in [9.17, 15) is 14.0 Å². The number of nitrogens with one attached hydrogen (secondary N) is 1. The second-order valence-corrected chi connectivity index (χ2v) is 10.3. The molecule has 1 aliphatic rings. The monoisotopic (exact) mass is 518 g/mol. The Morgan fingerprint density at radius 1 is 1.14 bits per heavy atom. The zero-order valence-electron chi connectivity index (χ0n) is 20.7. The van der Waals surface area contributed by atoms with E-state index in [1.165, 1.54) is 23.5 Å². The van der Waals surface area contributed by atoms with Crippen molar-refractivity contribution in [2.75, 3.05) is 27.2 Å². The van der Waals surface area contributed by atoms with Gasteiger partial charge in [0.25, 0.3) is 0 Å². The van der Waals surface area contributed by atoms with Crippen LogP contribution in [0.15, 0.2) is 53.9 Å². The first kappa shape index (κ1) is 24.8. The van der Waals surface area contributed by atoms with Crippen LogP contribution >= 0.6 is 11.3 Å². The molecule has 2 aromatic heterocycles. The molecular formula is C28H27FN4O3S. The van der Waals surface area contributed by atoms with Crippen molar-refractivity contribution < 1.29 is 18.7 Å². The number of carbonyl (C=O) groups excluding carboxylic acids is 2. The van der Waals surface area contributed by atoms with E-state index >= 15 is 0 Å². The average Bonchev–Trinajstić information content (AvgIpc) is 3.38. The molecular weight excluding hydrogens is 491 g/mol. The molecule has 1 fully saturated rings. The highest BCUT2D eigenvalue weighted by Gasteiger charge is 2.22. The van der Waals surface area contributed by atoms with Gasteiger partial charge in [-0.2, -0.15) is 0 Å². The van der Waals surface area contributed by atoms with Crippen LogP contribution in [0.5, 0.6) is 5.75 Å². The minimum Gasteiger partial charge on any atom is -0.492 e. The Kier molecular flexibility index (Phi) is 7.14.